The SMILES string of the molecule is OCCn1cc(Nc2nc(-c3ccc4cn[nH]c4c3)nc3cn[nH]c23)cn1. The molecule has 0 spiro atoms. The lowest BCUT2D eigenvalue weighted by molar-refractivity contribution is 0.269. The standard InChI is InChI=1S/C17H15N9O/c27-4-3-26-9-12(7-20-26)21-17-15-14(8-19-25-15)22-16(23-17)10-1-2-11-6-18-24-13(11)5-10/h1-2,5-9,27H,3-4H2,(H,18,24)(H,19,25)(H,21,22,23). The van der Waals surface area contributed by atoms with Crippen LogP contribution in [0.3, 0.4) is 0 Å². The predicted octanol–water partition coefficient (Wildman–Crippen LogP) is 1.83. The summed E-state index contributed by atoms with van der Waals surface area (Å²) in [7, 11) is 0. The maximum atomic E-state index is 9.03. The van der Waals surface area contributed by atoms with Crippen LogP contribution in [-0.2, 0) is 6.54 Å². The summed E-state index contributed by atoms with van der Waals surface area (Å²) in [5.74, 6) is 1.17. The van der Waals surface area contributed by atoms with E-state index in [1.54, 1.807) is 29.5 Å². The first-order valence-electron chi connectivity index (χ1n) is 8.35. The molecular weight excluding hydrogens is 346 g/mol. The number of aromatic amines is 2. The molecule has 0 radical (unpaired) electrons. The second-order valence-electron chi connectivity index (χ2n) is 6.04. The third-order valence-corrected chi connectivity index (χ3v) is 4.23. The summed E-state index contributed by atoms with van der Waals surface area (Å²) in [6, 6.07) is 5.90. The molecule has 0 aliphatic rings. The zero-order valence-electron chi connectivity index (χ0n) is 14.1. The maximum Gasteiger partial charge on any atom is 0.162 e. The summed E-state index contributed by atoms with van der Waals surface area (Å²) >= 11 is 0. The van der Waals surface area contributed by atoms with Crippen LogP contribution in [0.4, 0.5) is 11.5 Å². The monoisotopic (exact) mass is 361 g/mol. The van der Waals surface area contributed by atoms with Gasteiger partial charge < -0.3 is 10.4 Å². The molecule has 5 aromatic rings. The fraction of sp³-hybridized carbons (Fsp3) is 0.118. The van der Waals surface area contributed by atoms with E-state index < -0.39 is 0 Å². The van der Waals surface area contributed by atoms with E-state index in [9.17, 15) is 0 Å². The molecule has 0 fully saturated rings. The van der Waals surface area contributed by atoms with Crippen molar-refractivity contribution in [2.45, 2.75) is 6.54 Å². The van der Waals surface area contributed by atoms with Gasteiger partial charge in [-0.05, 0) is 6.07 Å². The zero-order chi connectivity index (χ0) is 18.2. The molecule has 4 N–H and O–H groups in total. The Labute approximate surface area is 152 Å². The average molecular weight is 361 g/mol. The topological polar surface area (TPSA) is 133 Å². The van der Waals surface area contributed by atoms with Gasteiger partial charge in [0, 0.05) is 17.1 Å². The van der Waals surface area contributed by atoms with E-state index in [1.807, 2.05) is 18.2 Å². The zero-order valence-corrected chi connectivity index (χ0v) is 14.1. The van der Waals surface area contributed by atoms with Gasteiger partial charge in [-0.15, -0.1) is 0 Å². The van der Waals surface area contributed by atoms with Crippen molar-refractivity contribution < 1.29 is 5.11 Å². The first-order chi connectivity index (χ1) is 13.3. The molecule has 0 amide bonds. The molecule has 10 heteroatoms. The van der Waals surface area contributed by atoms with Gasteiger partial charge in [0.1, 0.15) is 11.0 Å². The molecule has 0 saturated carbocycles. The van der Waals surface area contributed by atoms with Crippen molar-refractivity contribution in [1.82, 2.24) is 40.1 Å². The van der Waals surface area contributed by atoms with Crippen molar-refractivity contribution in [3.05, 3.63) is 43.0 Å². The Hall–Kier alpha value is -3.79. The van der Waals surface area contributed by atoms with Crippen LogP contribution in [-0.4, -0.2) is 51.9 Å². The van der Waals surface area contributed by atoms with Gasteiger partial charge in [0.2, 0.25) is 0 Å². The number of anilines is 2. The highest BCUT2D eigenvalue weighted by atomic mass is 16.3. The Balaban J connectivity index is 1.57. The summed E-state index contributed by atoms with van der Waals surface area (Å²) in [6.45, 7) is 0.458. The molecule has 0 saturated heterocycles. The Bertz CT molecular complexity index is 1240. The number of aromatic nitrogens is 8. The summed E-state index contributed by atoms with van der Waals surface area (Å²) in [5.41, 5.74) is 3.95. The number of H-pyrrole nitrogens is 2. The number of hydrogen-bond acceptors (Lipinski definition) is 7. The fourth-order valence-electron chi connectivity index (χ4n) is 2.92. The molecule has 27 heavy (non-hydrogen) atoms. The second-order valence-corrected chi connectivity index (χ2v) is 6.04. The molecule has 0 aliphatic carbocycles. The van der Waals surface area contributed by atoms with Crippen LogP contribution in [0, 0.1) is 0 Å². The molecule has 0 aliphatic heterocycles. The highest BCUT2D eigenvalue weighted by molar-refractivity contribution is 5.89. The summed E-state index contributed by atoms with van der Waals surface area (Å²) in [6.07, 6.45) is 6.92. The highest BCUT2D eigenvalue weighted by Gasteiger charge is 2.13. The van der Waals surface area contributed by atoms with Crippen molar-refractivity contribution in [2.75, 3.05) is 11.9 Å². The van der Waals surface area contributed by atoms with Crippen molar-refractivity contribution >= 4 is 33.4 Å². The van der Waals surface area contributed by atoms with Crippen LogP contribution in [0.2, 0.25) is 0 Å². The van der Waals surface area contributed by atoms with E-state index in [2.05, 4.69) is 40.8 Å². The van der Waals surface area contributed by atoms with Crippen LogP contribution >= 0.6 is 0 Å². The van der Waals surface area contributed by atoms with Crippen molar-refractivity contribution in [3.8, 4) is 11.4 Å². The van der Waals surface area contributed by atoms with E-state index in [-0.39, 0.29) is 6.61 Å². The van der Waals surface area contributed by atoms with E-state index in [1.165, 1.54) is 0 Å². The third kappa shape index (κ3) is 2.77. The lowest BCUT2D eigenvalue weighted by Gasteiger charge is -2.07. The first-order valence-corrected chi connectivity index (χ1v) is 8.35. The normalized spacial score (nSPS) is 11.4. The van der Waals surface area contributed by atoms with Crippen LogP contribution in [0.25, 0.3) is 33.3 Å². The lowest BCUT2D eigenvalue weighted by atomic mass is 10.1. The number of benzene rings is 1. The van der Waals surface area contributed by atoms with Gasteiger partial charge in [-0.2, -0.15) is 15.3 Å². The smallest absolute Gasteiger partial charge is 0.162 e. The van der Waals surface area contributed by atoms with Crippen molar-refractivity contribution in [1.29, 1.82) is 0 Å². The number of aliphatic hydroxyl groups excluding tert-OH is 1. The number of aliphatic hydroxyl groups is 1. The maximum absolute atomic E-state index is 9.03. The van der Waals surface area contributed by atoms with E-state index in [0.717, 1.165) is 22.2 Å². The molecule has 0 unspecified atom stereocenters. The number of nitrogens with zero attached hydrogens (tertiary/aromatic N) is 6. The average Bonchev–Trinajstić information content (AvgIpc) is 3.41. The third-order valence-electron chi connectivity index (χ3n) is 4.23. The number of fused-ring (bicyclic) bond motifs is 2. The Morgan fingerprint density at radius 1 is 1.07 bits per heavy atom. The lowest BCUT2D eigenvalue weighted by Crippen LogP contribution is -2.02. The van der Waals surface area contributed by atoms with Gasteiger partial charge in [-0.3, -0.25) is 14.9 Å². The molecular formula is C17H15N9O. The first kappa shape index (κ1) is 15.5. The minimum absolute atomic E-state index is 0.0274. The molecule has 0 atom stereocenters. The van der Waals surface area contributed by atoms with Crippen LogP contribution in [0.1, 0.15) is 0 Å². The van der Waals surface area contributed by atoms with E-state index in [0.29, 0.717) is 29.2 Å². The summed E-state index contributed by atoms with van der Waals surface area (Å²) in [4.78, 5) is 9.27. The predicted molar refractivity (Wildman–Crippen MR) is 99.4 cm³/mol. The van der Waals surface area contributed by atoms with Gasteiger partial charge >= 0.3 is 0 Å². The summed E-state index contributed by atoms with van der Waals surface area (Å²) < 4.78 is 1.65. The summed E-state index contributed by atoms with van der Waals surface area (Å²) in [5, 5.41) is 31.5. The molecule has 4 heterocycles. The van der Waals surface area contributed by atoms with Gasteiger partial charge in [0.15, 0.2) is 11.6 Å². The Morgan fingerprint density at radius 3 is 2.93 bits per heavy atom. The van der Waals surface area contributed by atoms with Crippen molar-refractivity contribution in [3.63, 3.8) is 0 Å². The number of hydrogen-bond donors (Lipinski definition) is 4. The Morgan fingerprint density at radius 2 is 2.00 bits per heavy atom. The molecule has 1 aromatic carbocycles. The van der Waals surface area contributed by atoms with E-state index >= 15 is 0 Å². The van der Waals surface area contributed by atoms with Crippen LogP contribution < -0.4 is 5.32 Å². The van der Waals surface area contributed by atoms with Gasteiger partial charge in [0.25, 0.3) is 0 Å². The van der Waals surface area contributed by atoms with Crippen LogP contribution in [0.15, 0.2) is 43.0 Å². The number of nitrogens with one attached hydrogen (secondary N) is 3. The van der Waals surface area contributed by atoms with Gasteiger partial charge in [-0.25, -0.2) is 9.97 Å². The minimum atomic E-state index is 0.0274. The van der Waals surface area contributed by atoms with Crippen molar-refractivity contribution in [2.24, 2.45) is 0 Å². The highest BCUT2D eigenvalue weighted by Crippen LogP contribution is 2.27. The second kappa shape index (κ2) is 6.18. The number of rotatable bonds is 5. The molecule has 0 bridgehead atoms. The molecule has 4 aromatic heterocycles. The molecule has 134 valence electrons. The van der Waals surface area contributed by atoms with E-state index in [4.69, 9.17) is 5.11 Å². The largest absolute Gasteiger partial charge is 0.394 e. The molecule has 5 rings (SSSR count). The van der Waals surface area contributed by atoms with Crippen LogP contribution in [0.5, 0.6) is 0 Å². The minimum Gasteiger partial charge on any atom is -0.394 e. The quantitative estimate of drug-likeness (QED) is 0.375. The Kier molecular flexibility index (Phi) is 3.54. The molecule has 10 nitrogen and oxygen atoms in total. The van der Waals surface area contributed by atoms with Gasteiger partial charge in [0.05, 0.1) is 42.9 Å². The van der Waals surface area contributed by atoms with Gasteiger partial charge in [-0.1, -0.05) is 12.1 Å². The fourth-order valence-corrected chi connectivity index (χ4v) is 2.92.